The molecule has 29 heavy (non-hydrogen) atoms. The van der Waals surface area contributed by atoms with Crippen molar-refractivity contribution in [2.24, 2.45) is 0 Å². The van der Waals surface area contributed by atoms with Crippen LogP contribution >= 0.6 is 47.0 Å². The fourth-order valence-electron chi connectivity index (χ4n) is 2.65. The van der Waals surface area contributed by atoms with Crippen LogP contribution in [0.5, 0.6) is 11.5 Å². The summed E-state index contributed by atoms with van der Waals surface area (Å²) in [6, 6.07) is 8.93. The molecule has 6 nitrogen and oxygen atoms in total. The second-order valence-electron chi connectivity index (χ2n) is 6.11. The summed E-state index contributed by atoms with van der Waals surface area (Å²) in [7, 11) is 0. The fourth-order valence-corrected chi connectivity index (χ4v) is 3.64. The van der Waals surface area contributed by atoms with Crippen molar-refractivity contribution in [1.29, 1.82) is 0 Å². The molecule has 10 heteroatoms. The highest BCUT2D eigenvalue weighted by Crippen LogP contribution is 2.37. The van der Waals surface area contributed by atoms with E-state index < -0.39 is 0 Å². The van der Waals surface area contributed by atoms with Crippen LogP contribution < -0.4 is 14.9 Å². The summed E-state index contributed by atoms with van der Waals surface area (Å²) in [5.41, 5.74) is 4.90. The van der Waals surface area contributed by atoms with Gasteiger partial charge in [-0.05, 0) is 55.9 Å². The predicted octanol–water partition coefficient (Wildman–Crippen LogP) is 5.93. The first-order valence-corrected chi connectivity index (χ1v) is 10.3. The third-order valence-electron chi connectivity index (χ3n) is 4.04. The molecule has 0 saturated carbocycles. The average Bonchev–Trinajstić information content (AvgIpc) is 2.99. The van der Waals surface area contributed by atoms with E-state index in [1.54, 1.807) is 16.8 Å². The number of ether oxygens (including phenoxy) is 2. The van der Waals surface area contributed by atoms with Gasteiger partial charge >= 0.3 is 0 Å². The van der Waals surface area contributed by atoms with Gasteiger partial charge in [-0.2, -0.15) is 5.10 Å². The van der Waals surface area contributed by atoms with Crippen molar-refractivity contribution in [3.63, 3.8) is 0 Å². The Kier molecular flexibility index (Phi) is 7.29. The number of aromatic nitrogens is 3. The van der Waals surface area contributed by atoms with Gasteiger partial charge in [0.1, 0.15) is 12.4 Å². The molecule has 0 aliphatic rings. The number of H-pyrrole nitrogens is 1. The highest BCUT2D eigenvalue weighted by Gasteiger charge is 2.14. The Balaban J connectivity index is 1.79. The Hall–Kier alpha value is -1.93. The molecule has 3 rings (SSSR count). The van der Waals surface area contributed by atoms with E-state index in [9.17, 15) is 0 Å². The molecular formula is C19H19Cl3N4O2S. The second kappa shape index (κ2) is 9.71. The van der Waals surface area contributed by atoms with Crippen LogP contribution in [0.2, 0.25) is 15.1 Å². The van der Waals surface area contributed by atoms with Gasteiger partial charge in [-0.3, -0.25) is 5.10 Å². The Morgan fingerprint density at radius 2 is 1.93 bits per heavy atom. The van der Waals surface area contributed by atoms with E-state index in [4.69, 9.17) is 56.5 Å². The maximum atomic E-state index is 6.49. The van der Waals surface area contributed by atoms with E-state index in [1.165, 1.54) is 0 Å². The third kappa shape index (κ3) is 5.36. The molecule has 0 atom stereocenters. The normalized spacial score (nSPS) is 10.8. The van der Waals surface area contributed by atoms with Crippen molar-refractivity contribution < 1.29 is 9.47 Å². The maximum Gasteiger partial charge on any atom is 0.214 e. The first kappa shape index (κ1) is 21.8. The lowest BCUT2D eigenvalue weighted by atomic mass is 10.2. The van der Waals surface area contributed by atoms with Crippen molar-refractivity contribution in [1.82, 2.24) is 14.9 Å². The highest BCUT2D eigenvalue weighted by molar-refractivity contribution is 7.71. The van der Waals surface area contributed by atoms with Gasteiger partial charge in [-0.15, -0.1) is 0 Å². The van der Waals surface area contributed by atoms with Crippen LogP contribution in [0.1, 0.15) is 23.9 Å². The minimum atomic E-state index is 0.233. The zero-order chi connectivity index (χ0) is 21.0. The molecule has 0 unspecified atom stereocenters. The van der Waals surface area contributed by atoms with Crippen LogP contribution in [0.25, 0.3) is 0 Å². The lowest BCUT2D eigenvalue weighted by Gasteiger charge is -2.16. The first-order chi connectivity index (χ1) is 13.9. The molecule has 3 aromatic rings. The smallest absolute Gasteiger partial charge is 0.214 e. The van der Waals surface area contributed by atoms with Gasteiger partial charge in [0.2, 0.25) is 4.77 Å². The van der Waals surface area contributed by atoms with Crippen molar-refractivity contribution in [2.45, 2.75) is 27.0 Å². The molecule has 0 bridgehead atoms. The maximum absolute atomic E-state index is 6.49. The number of benzene rings is 2. The lowest BCUT2D eigenvalue weighted by molar-refractivity contribution is 0.269. The standard InChI is InChI=1S/C19H19Cl3N4O2S/c1-3-27-17-7-12(9-23-26-11(2)24-25-19(26)29)6-16(22)18(17)28-10-13-4-5-14(20)8-15(13)21/h4-8,23H,3,9-10H2,1-2H3,(H,25,29). The number of aromatic amines is 1. The molecule has 2 aromatic carbocycles. The third-order valence-corrected chi connectivity index (χ3v) is 5.18. The van der Waals surface area contributed by atoms with Crippen LogP contribution in [0.4, 0.5) is 0 Å². The highest BCUT2D eigenvalue weighted by atomic mass is 35.5. The summed E-state index contributed by atoms with van der Waals surface area (Å²) in [4.78, 5) is 0. The van der Waals surface area contributed by atoms with Crippen LogP contribution in [0.15, 0.2) is 30.3 Å². The quantitative estimate of drug-likeness (QED) is 0.397. The number of nitrogens with zero attached hydrogens (tertiary/aromatic N) is 2. The number of rotatable bonds is 8. The molecule has 0 aliphatic heterocycles. The second-order valence-corrected chi connectivity index (χ2v) is 7.75. The molecule has 0 radical (unpaired) electrons. The van der Waals surface area contributed by atoms with Gasteiger partial charge in [0, 0.05) is 15.6 Å². The van der Waals surface area contributed by atoms with Gasteiger partial charge in [0.25, 0.3) is 0 Å². The Morgan fingerprint density at radius 1 is 1.14 bits per heavy atom. The minimum absolute atomic E-state index is 0.233. The van der Waals surface area contributed by atoms with E-state index in [1.807, 2.05) is 32.0 Å². The summed E-state index contributed by atoms with van der Waals surface area (Å²) in [5, 5.41) is 8.32. The molecule has 0 amide bonds. The molecule has 0 aliphatic carbocycles. The molecule has 2 N–H and O–H groups in total. The molecular weight excluding hydrogens is 455 g/mol. The van der Waals surface area contributed by atoms with Gasteiger partial charge in [0.05, 0.1) is 18.2 Å². The van der Waals surface area contributed by atoms with E-state index in [2.05, 4.69) is 15.6 Å². The summed E-state index contributed by atoms with van der Waals surface area (Å²) >= 11 is 23.9. The van der Waals surface area contributed by atoms with Crippen molar-refractivity contribution >= 4 is 47.0 Å². The number of hydrogen-bond acceptors (Lipinski definition) is 5. The van der Waals surface area contributed by atoms with Gasteiger partial charge in [-0.25, -0.2) is 4.68 Å². The molecule has 0 spiro atoms. The lowest BCUT2D eigenvalue weighted by Crippen LogP contribution is -2.16. The summed E-state index contributed by atoms with van der Waals surface area (Å²) in [5.74, 6) is 1.74. The monoisotopic (exact) mass is 472 g/mol. The molecule has 1 aromatic heterocycles. The van der Waals surface area contributed by atoms with Crippen molar-refractivity contribution in [3.05, 3.63) is 67.1 Å². The average molecular weight is 474 g/mol. The molecule has 1 heterocycles. The topological polar surface area (TPSA) is 64.1 Å². The molecule has 154 valence electrons. The van der Waals surface area contributed by atoms with Crippen LogP contribution in [0.3, 0.4) is 0 Å². The Morgan fingerprint density at radius 3 is 2.59 bits per heavy atom. The summed E-state index contributed by atoms with van der Waals surface area (Å²) in [6.07, 6.45) is 0. The van der Waals surface area contributed by atoms with Crippen LogP contribution in [-0.2, 0) is 13.2 Å². The van der Waals surface area contributed by atoms with E-state index in [-0.39, 0.29) is 6.61 Å². The largest absolute Gasteiger partial charge is 0.490 e. The zero-order valence-corrected chi connectivity index (χ0v) is 18.8. The minimum Gasteiger partial charge on any atom is -0.490 e. The number of aryl methyl sites for hydroxylation is 1. The number of hydrogen-bond donors (Lipinski definition) is 2. The van der Waals surface area contributed by atoms with Crippen LogP contribution in [-0.4, -0.2) is 21.5 Å². The summed E-state index contributed by atoms with van der Waals surface area (Å²) in [6.45, 7) is 4.91. The van der Waals surface area contributed by atoms with Crippen molar-refractivity contribution in [2.75, 3.05) is 12.0 Å². The van der Waals surface area contributed by atoms with Gasteiger partial charge in [-0.1, -0.05) is 40.9 Å². The number of nitrogens with one attached hydrogen (secondary N) is 2. The van der Waals surface area contributed by atoms with Crippen molar-refractivity contribution in [3.8, 4) is 11.5 Å². The predicted molar refractivity (Wildman–Crippen MR) is 119 cm³/mol. The zero-order valence-electron chi connectivity index (χ0n) is 15.8. The van der Waals surface area contributed by atoms with Gasteiger partial charge in [0.15, 0.2) is 11.5 Å². The Labute approximate surface area is 188 Å². The SMILES string of the molecule is CCOc1cc(CNn2c(C)n[nH]c2=S)cc(Cl)c1OCc1ccc(Cl)cc1Cl. The van der Waals surface area contributed by atoms with E-state index in [0.29, 0.717) is 44.5 Å². The molecule has 0 fully saturated rings. The van der Waals surface area contributed by atoms with Gasteiger partial charge < -0.3 is 14.9 Å². The summed E-state index contributed by atoms with van der Waals surface area (Å²) < 4.78 is 13.8. The number of halogens is 3. The van der Waals surface area contributed by atoms with E-state index in [0.717, 1.165) is 17.0 Å². The molecule has 0 saturated heterocycles. The Bertz CT molecular complexity index is 1070. The fraction of sp³-hybridized carbons (Fsp3) is 0.263. The first-order valence-electron chi connectivity index (χ1n) is 8.79. The van der Waals surface area contributed by atoms with E-state index >= 15 is 0 Å². The van der Waals surface area contributed by atoms with Crippen LogP contribution in [0, 0.1) is 11.7 Å².